The molecule has 1 rings (SSSR count). The first-order valence-electron chi connectivity index (χ1n) is 8.05. The highest BCUT2D eigenvalue weighted by Gasteiger charge is 2.27. The number of rotatable bonds is 6. The van der Waals surface area contributed by atoms with Crippen molar-refractivity contribution in [1.82, 2.24) is 10.6 Å². The van der Waals surface area contributed by atoms with Gasteiger partial charge in [-0.1, -0.05) is 0 Å². The number of thioether (sulfide) groups is 1. The number of nitrogens with one attached hydrogen (secondary N) is 2. The summed E-state index contributed by atoms with van der Waals surface area (Å²) in [6, 6.07) is 0.480. The molecule has 3 unspecified atom stereocenters. The quantitative estimate of drug-likeness (QED) is 0.697. The second kappa shape index (κ2) is 8.41. The van der Waals surface area contributed by atoms with Gasteiger partial charge >= 0.3 is 6.09 Å². The zero-order valence-corrected chi connectivity index (χ0v) is 15.4. The number of hydrogen-bond donors (Lipinski definition) is 3. The molecule has 0 radical (unpaired) electrons. The highest BCUT2D eigenvalue weighted by molar-refractivity contribution is 7.98. The normalized spacial score (nSPS) is 25.4. The van der Waals surface area contributed by atoms with Gasteiger partial charge in [0.1, 0.15) is 5.60 Å². The molecule has 3 atom stereocenters. The van der Waals surface area contributed by atoms with E-state index in [0.29, 0.717) is 18.3 Å². The summed E-state index contributed by atoms with van der Waals surface area (Å²) in [5.41, 5.74) is -1.15. The lowest BCUT2D eigenvalue weighted by atomic mass is 9.90. The first-order chi connectivity index (χ1) is 10.1. The molecule has 0 spiro atoms. The lowest BCUT2D eigenvalue weighted by Gasteiger charge is -2.33. The number of carbonyl (C=O) groups is 1. The molecule has 0 aliphatic heterocycles. The minimum Gasteiger partial charge on any atom is -0.444 e. The number of ether oxygens (including phenoxy) is 1. The minimum atomic E-state index is -0.690. The van der Waals surface area contributed by atoms with Crippen LogP contribution in [0.15, 0.2) is 0 Å². The van der Waals surface area contributed by atoms with E-state index in [1.165, 1.54) is 0 Å². The standard InChI is InChI=1S/C16H32N2O3S/c1-15(2,3)21-14(19)18-13-8-6-7-12(9-13)17-10-16(4,20)11-22-5/h12-13,17,20H,6-11H2,1-5H3,(H,18,19). The van der Waals surface area contributed by atoms with Gasteiger partial charge in [0.15, 0.2) is 0 Å². The molecule has 0 aromatic heterocycles. The topological polar surface area (TPSA) is 70.6 Å². The van der Waals surface area contributed by atoms with Gasteiger partial charge in [0, 0.05) is 24.4 Å². The van der Waals surface area contributed by atoms with Gasteiger partial charge in [0.25, 0.3) is 0 Å². The Hall–Kier alpha value is -0.460. The number of aliphatic hydroxyl groups is 1. The summed E-state index contributed by atoms with van der Waals surface area (Å²) in [4.78, 5) is 11.8. The summed E-state index contributed by atoms with van der Waals surface area (Å²) in [6.07, 6.45) is 5.68. The third-order valence-corrected chi connectivity index (χ3v) is 4.53. The molecule has 1 fully saturated rings. The highest BCUT2D eigenvalue weighted by Crippen LogP contribution is 2.20. The molecule has 0 bridgehead atoms. The molecule has 0 heterocycles. The molecule has 22 heavy (non-hydrogen) atoms. The van der Waals surface area contributed by atoms with E-state index < -0.39 is 11.2 Å². The van der Waals surface area contributed by atoms with Crippen molar-refractivity contribution in [2.45, 2.75) is 76.7 Å². The van der Waals surface area contributed by atoms with Crippen molar-refractivity contribution in [2.75, 3.05) is 18.6 Å². The Bertz CT molecular complexity index is 356. The third kappa shape index (κ3) is 8.25. The molecule has 5 nitrogen and oxygen atoms in total. The lowest BCUT2D eigenvalue weighted by Crippen LogP contribution is -2.49. The van der Waals surface area contributed by atoms with Crippen LogP contribution >= 0.6 is 11.8 Å². The maximum atomic E-state index is 11.8. The van der Waals surface area contributed by atoms with Crippen molar-refractivity contribution in [1.29, 1.82) is 0 Å². The van der Waals surface area contributed by atoms with E-state index in [-0.39, 0.29) is 12.1 Å². The van der Waals surface area contributed by atoms with Gasteiger partial charge in [-0.15, -0.1) is 0 Å². The van der Waals surface area contributed by atoms with Crippen molar-refractivity contribution in [2.24, 2.45) is 0 Å². The van der Waals surface area contributed by atoms with E-state index in [4.69, 9.17) is 4.74 Å². The molecule has 130 valence electrons. The van der Waals surface area contributed by atoms with Crippen LogP contribution in [-0.2, 0) is 4.74 Å². The van der Waals surface area contributed by atoms with Crippen LogP contribution in [0.25, 0.3) is 0 Å². The van der Waals surface area contributed by atoms with Crippen LogP contribution in [0, 0.1) is 0 Å². The van der Waals surface area contributed by atoms with Crippen LogP contribution in [0.4, 0.5) is 4.79 Å². The molecule has 1 saturated carbocycles. The van der Waals surface area contributed by atoms with Crippen LogP contribution in [0.5, 0.6) is 0 Å². The summed E-state index contributed by atoms with van der Waals surface area (Å²) >= 11 is 1.65. The second-order valence-electron chi connectivity index (χ2n) is 7.52. The van der Waals surface area contributed by atoms with E-state index >= 15 is 0 Å². The smallest absolute Gasteiger partial charge is 0.407 e. The van der Waals surface area contributed by atoms with Gasteiger partial charge in [-0.2, -0.15) is 11.8 Å². The molecule has 1 aliphatic rings. The van der Waals surface area contributed by atoms with Crippen molar-refractivity contribution in [3.8, 4) is 0 Å². The van der Waals surface area contributed by atoms with Gasteiger partial charge in [-0.05, 0) is 59.6 Å². The second-order valence-corrected chi connectivity index (χ2v) is 8.38. The van der Waals surface area contributed by atoms with Gasteiger partial charge in [0.2, 0.25) is 0 Å². The fraction of sp³-hybridized carbons (Fsp3) is 0.938. The molecule has 6 heteroatoms. The van der Waals surface area contributed by atoms with E-state index in [9.17, 15) is 9.90 Å². The number of alkyl carbamates (subject to hydrolysis) is 1. The van der Waals surface area contributed by atoms with Crippen molar-refractivity contribution in [3.05, 3.63) is 0 Å². The molecular formula is C16H32N2O3S. The fourth-order valence-electron chi connectivity index (χ4n) is 2.71. The number of amides is 1. The Morgan fingerprint density at radius 2 is 1.91 bits per heavy atom. The van der Waals surface area contributed by atoms with Crippen LogP contribution in [-0.4, -0.2) is 53.0 Å². The fourth-order valence-corrected chi connectivity index (χ4v) is 3.43. The number of carbonyl (C=O) groups excluding carboxylic acids is 1. The van der Waals surface area contributed by atoms with Crippen molar-refractivity contribution >= 4 is 17.9 Å². The van der Waals surface area contributed by atoms with Crippen LogP contribution in [0.3, 0.4) is 0 Å². The van der Waals surface area contributed by atoms with Crippen molar-refractivity contribution < 1.29 is 14.6 Å². The van der Waals surface area contributed by atoms with Gasteiger partial charge in [-0.25, -0.2) is 4.79 Å². The highest BCUT2D eigenvalue weighted by atomic mass is 32.2. The summed E-state index contributed by atoms with van der Waals surface area (Å²) in [6.45, 7) is 8.04. The van der Waals surface area contributed by atoms with Crippen LogP contribution < -0.4 is 10.6 Å². The molecular weight excluding hydrogens is 300 g/mol. The Kier molecular flexibility index (Phi) is 7.49. The van der Waals surface area contributed by atoms with Crippen molar-refractivity contribution in [3.63, 3.8) is 0 Å². The zero-order valence-electron chi connectivity index (χ0n) is 14.6. The predicted octanol–water partition coefficient (Wildman–Crippen LogP) is 2.53. The molecule has 3 N–H and O–H groups in total. The van der Waals surface area contributed by atoms with E-state index in [0.717, 1.165) is 25.7 Å². The lowest BCUT2D eigenvalue weighted by molar-refractivity contribution is 0.0480. The first kappa shape index (κ1) is 19.6. The van der Waals surface area contributed by atoms with E-state index in [2.05, 4.69) is 10.6 Å². The van der Waals surface area contributed by atoms with Crippen LogP contribution in [0.1, 0.15) is 53.4 Å². The summed E-state index contributed by atoms with van der Waals surface area (Å²) in [7, 11) is 0. The Morgan fingerprint density at radius 3 is 2.50 bits per heavy atom. The van der Waals surface area contributed by atoms with Crippen LogP contribution in [0.2, 0.25) is 0 Å². The first-order valence-corrected chi connectivity index (χ1v) is 9.45. The Labute approximate surface area is 138 Å². The van der Waals surface area contributed by atoms with E-state index in [1.807, 2.05) is 34.0 Å². The monoisotopic (exact) mass is 332 g/mol. The molecule has 1 amide bonds. The predicted molar refractivity (Wildman–Crippen MR) is 92.4 cm³/mol. The molecule has 1 aliphatic carbocycles. The maximum absolute atomic E-state index is 11.8. The maximum Gasteiger partial charge on any atom is 0.407 e. The third-order valence-electron chi connectivity index (χ3n) is 3.62. The Balaban J connectivity index is 2.37. The van der Waals surface area contributed by atoms with E-state index in [1.54, 1.807) is 11.8 Å². The largest absolute Gasteiger partial charge is 0.444 e. The number of hydrogen-bond acceptors (Lipinski definition) is 5. The SMILES string of the molecule is CSCC(C)(O)CNC1CCCC(NC(=O)OC(C)(C)C)C1. The van der Waals surface area contributed by atoms with Gasteiger partial charge < -0.3 is 20.5 Å². The molecule has 0 aromatic rings. The average molecular weight is 333 g/mol. The summed E-state index contributed by atoms with van der Waals surface area (Å²) < 4.78 is 5.31. The molecule has 0 aromatic carbocycles. The van der Waals surface area contributed by atoms with Gasteiger partial charge in [0.05, 0.1) is 5.60 Å². The summed E-state index contributed by atoms with van der Waals surface area (Å²) in [5.74, 6) is 0.715. The summed E-state index contributed by atoms with van der Waals surface area (Å²) in [5, 5.41) is 16.6. The Morgan fingerprint density at radius 1 is 1.27 bits per heavy atom. The molecule has 0 saturated heterocycles. The minimum absolute atomic E-state index is 0.145. The average Bonchev–Trinajstić information content (AvgIpc) is 2.34. The van der Waals surface area contributed by atoms with Gasteiger partial charge in [-0.3, -0.25) is 0 Å². The zero-order chi connectivity index (χ0) is 16.8.